The molecule has 2 N–H and O–H groups in total. The van der Waals surface area contributed by atoms with Crippen molar-refractivity contribution in [2.24, 2.45) is 5.73 Å². The number of nitrogens with two attached hydrogens (primary N) is 1. The summed E-state index contributed by atoms with van der Waals surface area (Å²) in [4.78, 5) is 12.7. The lowest BCUT2D eigenvalue weighted by Gasteiger charge is -2.17. The molecule has 13 heavy (non-hydrogen) atoms. The maximum absolute atomic E-state index is 12.0. The summed E-state index contributed by atoms with van der Waals surface area (Å²) in [6.07, 6.45) is 0.635. The van der Waals surface area contributed by atoms with Crippen LogP contribution >= 0.6 is 0 Å². The molecule has 0 aromatic heterocycles. The first-order valence-electron chi connectivity index (χ1n) is 4.43. The highest BCUT2D eigenvalue weighted by atomic mass is 19.1. The van der Waals surface area contributed by atoms with Crippen LogP contribution in [0.25, 0.3) is 0 Å². The van der Waals surface area contributed by atoms with Crippen molar-refractivity contribution in [3.63, 3.8) is 0 Å². The van der Waals surface area contributed by atoms with E-state index in [-0.39, 0.29) is 25.2 Å². The van der Waals surface area contributed by atoms with Crippen LogP contribution in [0.3, 0.4) is 0 Å². The zero-order chi connectivity index (χ0) is 9.68. The van der Waals surface area contributed by atoms with Crippen molar-refractivity contribution < 1.29 is 13.9 Å². The predicted octanol–water partition coefficient (Wildman–Crippen LogP) is -0.468. The molecule has 0 aromatic rings. The molecule has 0 aromatic carbocycles. The van der Waals surface area contributed by atoms with Gasteiger partial charge < -0.3 is 15.4 Å². The first-order valence-corrected chi connectivity index (χ1v) is 4.43. The first kappa shape index (κ1) is 10.4. The van der Waals surface area contributed by atoms with Crippen LogP contribution in [-0.4, -0.2) is 49.8 Å². The maximum Gasteiger partial charge on any atom is 0.248 e. The van der Waals surface area contributed by atoms with Gasteiger partial charge in [0.15, 0.2) is 0 Å². The molecule has 1 rings (SSSR count). The van der Waals surface area contributed by atoms with E-state index in [4.69, 9.17) is 10.5 Å². The average molecular weight is 190 g/mol. The average Bonchev–Trinajstić information content (AvgIpc) is 2.31. The Hall–Kier alpha value is -0.680. The predicted molar refractivity (Wildman–Crippen MR) is 46.0 cm³/mol. The molecule has 0 bridgehead atoms. The van der Waals surface area contributed by atoms with Crippen LogP contribution in [0.4, 0.5) is 4.39 Å². The summed E-state index contributed by atoms with van der Waals surface area (Å²) in [6.45, 7) is 0.655. The topological polar surface area (TPSA) is 55.6 Å². The Bertz CT molecular complexity index is 178. The Labute approximate surface area is 76.8 Å². The number of rotatable bonds is 3. The van der Waals surface area contributed by atoms with Gasteiger partial charge in [-0.3, -0.25) is 4.79 Å². The molecular formula is C8H15FN2O2. The molecule has 1 aliphatic rings. The highest BCUT2D eigenvalue weighted by Crippen LogP contribution is 2.06. The van der Waals surface area contributed by atoms with E-state index < -0.39 is 6.67 Å². The number of hydrogen-bond donors (Lipinski definition) is 1. The zero-order valence-corrected chi connectivity index (χ0v) is 7.54. The summed E-state index contributed by atoms with van der Waals surface area (Å²) >= 11 is 0. The number of halogens is 1. The molecule has 1 heterocycles. The molecule has 4 nitrogen and oxygen atoms in total. The standard InChI is InChI=1S/C8H15FN2O2/c9-2-4-11-3-1-7(5-10)13-6-8(11)12/h7H,1-6,10H2. The molecule has 0 spiro atoms. The number of nitrogens with zero attached hydrogens (tertiary/aromatic N) is 1. The van der Waals surface area contributed by atoms with Crippen molar-refractivity contribution in [1.82, 2.24) is 4.90 Å². The van der Waals surface area contributed by atoms with Gasteiger partial charge in [-0.2, -0.15) is 0 Å². The quantitative estimate of drug-likeness (QED) is 0.654. The monoisotopic (exact) mass is 190 g/mol. The van der Waals surface area contributed by atoms with Crippen molar-refractivity contribution in [1.29, 1.82) is 0 Å². The molecule has 76 valence electrons. The molecule has 1 fully saturated rings. The smallest absolute Gasteiger partial charge is 0.248 e. The third kappa shape index (κ3) is 2.93. The second-order valence-electron chi connectivity index (χ2n) is 3.03. The maximum atomic E-state index is 12.0. The molecule has 1 unspecified atom stereocenters. The van der Waals surface area contributed by atoms with Gasteiger partial charge in [-0.05, 0) is 6.42 Å². The summed E-state index contributed by atoms with van der Waals surface area (Å²) in [5, 5.41) is 0. The molecule has 1 aliphatic heterocycles. The number of ether oxygens (including phenoxy) is 1. The van der Waals surface area contributed by atoms with E-state index in [1.165, 1.54) is 4.90 Å². The van der Waals surface area contributed by atoms with Crippen LogP contribution in [0.2, 0.25) is 0 Å². The SMILES string of the molecule is NCC1CCN(CCF)C(=O)CO1. The number of hydrogen-bond acceptors (Lipinski definition) is 3. The van der Waals surface area contributed by atoms with E-state index in [2.05, 4.69) is 0 Å². The van der Waals surface area contributed by atoms with E-state index in [1.807, 2.05) is 0 Å². The molecule has 0 aliphatic carbocycles. The summed E-state index contributed by atoms with van der Waals surface area (Å²) < 4.78 is 17.2. The number of amides is 1. The van der Waals surface area contributed by atoms with Crippen LogP contribution in [-0.2, 0) is 9.53 Å². The first-order chi connectivity index (χ1) is 6.27. The minimum absolute atomic E-state index is 0.0296. The Kier molecular flexibility index (Phi) is 4.11. The van der Waals surface area contributed by atoms with Crippen molar-refractivity contribution in [3.05, 3.63) is 0 Å². The van der Waals surface area contributed by atoms with E-state index in [0.29, 0.717) is 19.5 Å². The van der Waals surface area contributed by atoms with Crippen LogP contribution < -0.4 is 5.73 Å². The third-order valence-corrected chi connectivity index (χ3v) is 2.13. The van der Waals surface area contributed by atoms with Gasteiger partial charge in [0.2, 0.25) is 5.91 Å². The summed E-state index contributed by atoms with van der Waals surface area (Å²) in [5.41, 5.74) is 5.41. The highest BCUT2D eigenvalue weighted by molar-refractivity contribution is 5.77. The van der Waals surface area contributed by atoms with Crippen LogP contribution in [0.1, 0.15) is 6.42 Å². The third-order valence-electron chi connectivity index (χ3n) is 2.13. The lowest BCUT2D eigenvalue weighted by molar-refractivity contribution is -0.134. The van der Waals surface area contributed by atoms with Crippen LogP contribution in [0.5, 0.6) is 0 Å². The fourth-order valence-corrected chi connectivity index (χ4v) is 1.31. The van der Waals surface area contributed by atoms with Gasteiger partial charge in [-0.25, -0.2) is 4.39 Å². The van der Waals surface area contributed by atoms with Gasteiger partial charge in [0.25, 0.3) is 0 Å². The van der Waals surface area contributed by atoms with Gasteiger partial charge in [0.1, 0.15) is 13.3 Å². The fourth-order valence-electron chi connectivity index (χ4n) is 1.31. The largest absolute Gasteiger partial charge is 0.367 e. The Morgan fingerprint density at radius 1 is 1.69 bits per heavy atom. The van der Waals surface area contributed by atoms with Crippen LogP contribution in [0.15, 0.2) is 0 Å². The minimum Gasteiger partial charge on any atom is -0.367 e. The second-order valence-corrected chi connectivity index (χ2v) is 3.03. The van der Waals surface area contributed by atoms with Crippen molar-refractivity contribution in [2.75, 3.05) is 32.9 Å². The normalized spacial score (nSPS) is 24.6. The van der Waals surface area contributed by atoms with Crippen LogP contribution in [0, 0.1) is 0 Å². The van der Waals surface area contributed by atoms with Gasteiger partial charge in [0, 0.05) is 19.6 Å². The molecule has 0 saturated carbocycles. The fraction of sp³-hybridized carbons (Fsp3) is 0.875. The zero-order valence-electron chi connectivity index (χ0n) is 7.54. The minimum atomic E-state index is -0.501. The molecule has 5 heteroatoms. The van der Waals surface area contributed by atoms with E-state index in [0.717, 1.165) is 0 Å². The summed E-state index contributed by atoms with van der Waals surface area (Å²) in [5.74, 6) is -0.145. The van der Waals surface area contributed by atoms with Gasteiger partial charge >= 0.3 is 0 Å². The van der Waals surface area contributed by atoms with E-state index in [1.54, 1.807) is 0 Å². The lowest BCUT2D eigenvalue weighted by Crippen LogP contribution is -2.34. The Morgan fingerprint density at radius 3 is 3.08 bits per heavy atom. The van der Waals surface area contributed by atoms with Gasteiger partial charge in [-0.1, -0.05) is 0 Å². The Balaban J connectivity index is 2.44. The molecule has 0 radical (unpaired) electrons. The van der Waals surface area contributed by atoms with E-state index in [9.17, 15) is 9.18 Å². The van der Waals surface area contributed by atoms with Crippen molar-refractivity contribution in [2.45, 2.75) is 12.5 Å². The number of carbonyl (C=O) groups excluding carboxylic acids is 1. The molecule has 1 atom stereocenters. The van der Waals surface area contributed by atoms with Gasteiger partial charge in [0.05, 0.1) is 6.10 Å². The van der Waals surface area contributed by atoms with Crippen molar-refractivity contribution in [3.8, 4) is 0 Å². The van der Waals surface area contributed by atoms with Crippen molar-refractivity contribution >= 4 is 5.91 Å². The number of alkyl halides is 1. The summed E-state index contributed by atoms with van der Waals surface area (Å²) in [7, 11) is 0. The molecular weight excluding hydrogens is 175 g/mol. The number of carbonyl (C=O) groups is 1. The Morgan fingerprint density at radius 2 is 2.46 bits per heavy atom. The lowest BCUT2D eigenvalue weighted by atomic mass is 10.2. The highest BCUT2D eigenvalue weighted by Gasteiger charge is 2.21. The van der Waals surface area contributed by atoms with E-state index >= 15 is 0 Å². The molecule has 1 amide bonds. The summed E-state index contributed by atoms with van der Waals surface area (Å²) in [6, 6.07) is 0. The van der Waals surface area contributed by atoms with Gasteiger partial charge in [-0.15, -0.1) is 0 Å². The molecule has 1 saturated heterocycles. The second kappa shape index (κ2) is 5.14.